The predicted octanol–water partition coefficient (Wildman–Crippen LogP) is 1.64. The second-order valence-corrected chi connectivity index (χ2v) is 7.70. The van der Waals surface area contributed by atoms with Crippen LogP contribution in [0.15, 0.2) is 6.20 Å². The lowest BCUT2D eigenvalue weighted by molar-refractivity contribution is 0.0737. The van der Waals surface area contributed by atoms with Crippen LogP contribution >= 0.6 is 11.5 Å². The molecule has 25 heavy (non-hydrogen) atoms. The van der Waals surface area contributed by atoms with Gasteiger partial charge in [0.15, 0.2) is 0 Å². The van der Waals surface area contributed by atoms with Crippen molar-refractivity contribution in [3.8, 4) is 0 Å². The summed E-state index contributed by atoms with van der Waals surface area (Å²) < 4.78 is 3.87. The van der Waals surface area contributed by atoms with Gasteiger partial charge in [-0.25, -0.2) is 9.97 Å². The van der Waals surface area contributed by atoms with Crippen LogP contribution in [-0.4, -0.2) is 61.9 Å². The van der Waals surface area contributed by atoms with Crippen LogP contribution in [0.3, 0.4) is 0 Å². The van der Waals surface area contributed by atoms with Crippen molar-refractivity contribution in [3.05, 3.63) is 33.8 Å². The third-order valence-electron chi connectivity index (χ3n) is 5.17. The Kier molecular flexibility index (Phi) is 4.47. The van der Waals surface area contributed by atoms with E-state index >= 15 is 0 Å². The number of amides is 1. The lowest BCUT2D eigenvalue weighted by Crippen LogP contribution is -2.37. The Labute approximate surface area is 151 Å². The SMILES string of the molecule is Cc1nnsc1C(=O)N1CCc2nc(C3CCN(C)CC3)ncc2C1. The molecule has 2 aliphatic rings. The molecule has 4 heterocycles. The first kappa shape index (κ1) is 16.5. The number of carbonyl (C=O) groups excluding carboxylic acids is 1. The summed E-state index contributed by atoms with van der Waals surface area (Å²) in [7, 11) is 2.16. The summed E-state index contributed by atoms with van der Waals surface area (Å²) in [5.41, 5.74) is 2.87. The third kappa shape index (κ3) is 3.28. The molecule has 1 fully saturated rings. The smallest absolute Gasteiger partial charge is 0.267 e. The van der Waals surface area contributed by atoms with Crippen molar-refractivity contribution in [2.45, 2.75) is 38.6 Å². The molecule has 1 saturated heterocycles. The highest BCUT2D eigenvalue weighted by Crippen LogP contribution is 2.27. The standard InChI is InChI=1S/C17H22N6OS/c1-11-15(25-21-20-11)17(24)23-8-5-14-13(10-23)9-18-16(19-14)12-3-6-22(2)7-4-12/h9,12H,3-8,10H2,1-2H3. The maximum Gasteiger partial charge on any atom is 0.267 e. The number of aromatic nitrogens is 4. The van der Waals surface area contributed by atoms with Gasteiger partial charge in [0.2, 0.25) is 0 Å². The van der Waals surface area contributed by atoms with Crippen molar-refractivity contribution < 1.29 is 4.79 Å². The summed E-state index contributed by atoms with van der Waals surface area (Å²) in [6.07, 6.45) is 4.96. The van der Waals surface area contributed by atoms with Gasteiger partial charge in [-0.3, -0.25) is 4.79 Å². The first-order valence-electron chi connectivity index (χ1n) is 8.73. The highest BCUT2D eigenvalue weighted by atomic mass is 32.1. The number of rotatable bonds is 2. The Morgan fingerprint density at radius 2 is 2.08 bits per heavy atom. The van der Waals surface area contributed by atoms with Gasteiger partial charge in [-0.2, -0.15) is 0 Å². The van der Waals surface area contributed by atoms with Crippen LogP contribution in [0.1, 0.15) is 51.2 Å². The summed E-state index contributed by atoms with van der Waals surface area (Å²) >= 11 is 1.17. The molecule has 0 atom stereocenters. The van der Waals surface area contributed by atoms with E-state index in [2.05, 4.69) is 26.5 Å². The van der Waals surface area contributed by atoms with Crippen molar-refractivity contribution in [3.63, 3.8) is 0 Å². The average molecular weight is 358 g/mol. The molecule has 2 aliphatic heterocycles. The highest BCUT2D eigenvalue weighted by molar-refractivity contribution is 7.07. The summed E-state index contributed by atoms with van der Waals surface area (Å²) in [5, 5.41) is 3.94. The molecule has 0 radical (unpaired) electrons. The maximum atomic E-state index is 12.6. The quantitative estimate of drug-likeness (QED) is 0.812. The minimum atomic E-state index is 0.0116. The molecule has 0 saturated carbocycles. The molecule has 2 aromatic rings. The summed E-state index contributed by atoms with van der Waals surface area (Å²) in [6.45, 7) is 5.29. The minimum Gasteiger partial charge on any atom is -0.333 e. The van der Waals surface area contributed by atoms with Crippen LogP contribution in [-0.2, 0) is 13.0 Å². The van der Waals surface area contributed by atoms with Crippen molar-refractivity contribution in [1.29, 1.82) is 0 Å². The van der Waals surface area contributed by atoms with E-state index in [-0.39, 0.29) is 5.91 Å². The molecular weight excluding hydrogens is 336 g/mol. The van der Waals surface area contributed by atoms with Gasteiger partial charge in [0.05, 0.1) is 11.4 Å². The molecule has 0 spiro atoms. The molecule has 1 amide bonds. The normalized spacial score (nSPS) is 19.0. The molecule has 132 valence electrons. The molecule has 4 rings (SSSR count). The van der Waals surface area contributed by atoms with Gasteiger partial charge < -0.3 is 9.80 Å². The van der Waals surface area contributed by atoms with Crippen molar-refractivity contribution >= 4 is 17.4 Å². The number of fused-ring (bicyclic) bond motifs is 1. The number of hydrogen-bond donors (Lipinski definition) is 0. The summed E-state index contributed by atoms with van der Waals surface area (Å²) in [5.74, 6) is 1.46. The van der Waals surface area contributed by atoms with E-state index in [0.717, 1.165) is 49.4 Å². The molecule has 0 unspecified atom stereocenters. The first-order chi connectivity index (χ1) is 12.1. The zero-order chi connectivity index (χ0) is 17.4. The Morgan fingerprint density at radius 3 is 2.80 bits per heavy atom. The van der Waals surface area contributed by atoms with Crippen molar-refractivity contribution in [2.24, 2.45) is 0 Å². The Bertz CT molecular complexity index is 783. The number of likely N-dealkylation sites (tertiary alicyclic amines) is 1. The largest absolute Gasteiger partial charge is 0.333 e. The number of nitrogens with zero attached hydrogens (tertiary/aromatic N) is 6. The van der Waals surface area contributed by atoms with Crippen LogP contribution in [0, 0.1) is 6.92 Å². The van der Waals surface area contributed by atoms with E-state index in [0.29, 0.717) is 29.6 Å². The van der Waals surface area contributed by atoms with Crippen molar-refractivity contribution in [2.75, 3.05) is 26.7 Å². The Balaban J connectivity index is 1.49. The van der Waals surface area contributed by atoms with Crippen LogP contribution in [0.5, 0.6) is 0 Å². The van der Waals surface area contributed by atoms with Crippen LogP contribution < -0.4 is 0 Å². The van der Waals surface area contributed by atoms with Crippen LogP contribution in [0.25, 0.3) is 0 Å². The highest BCUT2D eigenvalue weighted by Gasteiger charge is 2.27. The molecule has 0 bridgehead atoms. The lowest BCUT2D eigenvalue weighted by atomic mass is 9.95. The number of carbonyl (C=O) groups is 1. The molecule has 2 aromatic heterocycles. The first-order valence-corrected chi connectivity index (χ1v) is 9.50. The van der Waals surface area contributed by atoms with Crippen LogP contribution in [0.2, 0.25) is 0 Å². The van der Waals surface area contributed by atoms with Gasteiger partial charge in [0.25, 0.3) is 5.91 Å². The van der Waals surface area contributed by atoms with Gasteiger partial charge in [-0.05, 0) is 51.4 Å². The minimum absolute atomic E-state index is 0.0116. The van der Waals surface area contributed by atoms with Gasteiger partial charge >= 0.3 is 0 Å². The predicted molar refractivity (Wildman–Crippen MR) is 94.6 cm³/mol. The zero-order valence-electron chi connectivity index (χ0n) is 14.6. The van der Waals surface area contributed by atoms with E-state index in [9.17, 15) is 4.79 Å². The lowest BCUT2D eigenvalue weighted by Gasteiger charge is -2.30. The Hall–Kier alpha value is -1.93. The van der Waals surface area contributed by atoms with Crippen LogP contribution in [0.4, 0.5) is 0 Å². The topological polar surface area (TPSA) is 75.1 Å². The molecule has 0 aliphatic carbocycles. The molecule has 0 N–H and O–H groups in total. The van der Waals surface area contributed by atoms with E-state index < -0.39 is 0 Å². The number of hydrogen-bond acceptors (Lipinski definition) is 7. The van der Waals surface area contributed by atoms with E-state index in [4.69, 9.17) is 4.98 Å². The fourth-order valence-corrected chi connectivity index (χ4v) is 4.16. The fraction of sp³-hybridized carbons (Fsp3) is 0.588. The van der Waals surface area contributed by atoms with E-state index in [1.165, 1.54) is 11.5 Å². The van der Waals surface area contributed by atoms with E-state index in [1.807, 2.05) is 18.0 Å². The zero-order valence-corrected chi connectivity index (χ0v) is 15.4. The average Bonchev–Trinajstić information content (AvgIpc) is 3.07. The second-order valence-electron chi connectivity index (χ2n) is 6.94. The maximum absolute atomic E-state index is 12.6. The summed E-state index contributed by atoms with van der Waals surface area (Å²) in [4.78, 5) is 27.0. The second kappa shape index (κ2) is 6.76. The molecule has 8 heteroatoms. The van der Waals surface area contributed by atoms with Gasteiger partial charge in [0, 0.05) is 37.2 Å². The molecule has 7 nitrogen and oxygen atoms in total. The van der Waals surface area contributed by atoms with Gasteiger partial charge in [0.1, 0.15) is 10.7 Å². The Morgan fingerprint density at radius 1 is 1.28 bits per heavy atom. The third-order valence-corrected chi connectivity index (χ3v) is 5.99. The number of aryl methyl sites for hydroxylation is 1. The monoisotopic (exact) mass is 358 g/mol. The number of piperidine rings is 1. The van der Waals surface area contributed by atoms with Gasteiger partial charge in [-0.1, -0.05) is 4.49 Å². The van der Waals surface area contributed by atoms with E-state index in [1.54, 1.807) is 0 Å². The summed E-state index contributed by atoms with van der Waals surface area (Å²) in [6, 6.07) is 0. The van der Waals surface area contributed by atoms with Gasteiger partial charge in [-0.15, -0.1) is 5.10 Å². The van der Waals surface area contributed by atoms with Crippen molar-refractivity contribution in [1.82, 2.24) is 29.4 Å². The fourth-order valence-electron chi connectivity index (χ4n) is 3.54. The molecule has 0 aromatic carbocycles. The molecular formula is C17H22N6OS.